The van der Waals surface area contributed by atoms with Crippen molar-refractivity contribution in [1.29, 1.82) is 0 Å². The van der Waals surface area contributed by atoms with Gasteiger partial charge in [0.1, 0.15) is 0 Å². The second kappa shape index (κ2) is 9.18. The Morgan fingerprint density at radius 2 is 2.07 bits per heavy atom. The molecular weight excluding hydrogens is 482 g/mol. The zero-order valence-corrected chi connectivity index (χ0v) is 18.1. The number of amides is 1. The number of hydrogen-bond acceptors (Lipinski definition) is 7. The van der Waals surface area contributed by atoms with E-state index >= 15 is 0 Å². The molecule has 0 saturated heterocycles. The van der Waals surface area contributed by atoms with Gasteiger partial charge in [0.05, 0.1) is 26.4 Å². The monoisotopic (exact) mass is 490 g/mol. The van der Waals surface area contributed by atoms with Crippen LogP contribution in [-0.4, -0.2) is 26.4 Å². The van der Waals surface area contributed by atoms with Crippen LogP contribution in [0.2, 0.25) is 10.0 Å². The number of nitro benzene ring substituents is 1. The van der Waals surface area contributed by atoms with Gasteiger partial charge in [0.2, 0.25) is 11.7 Å². The molecule has 0 unspecified atom stereocenters. The normalized spacial score (nSPS) is 10.7. The molecule has 0 atom stereocenters. The van der Waals surface area contributed by atoms with Crippen molar-refractivity contribution in [2.24, 2.45) is 0 Å². The van der Waals surface area contributed by atoms with Gasteiger partial charge in [-0.1, -0.05) is 46.3 Å². The first kappa shape index (κ1) is 21.7. The lowest BCUT2D eigenvalue weighted by Crippen LogP contribution is -2.14. The second-order valence-electron chi connectivity index (χ2n) is 5.40. The van der Waals surface area contributed by atoms with Gasteiger partial charge in [-0.3, -0.25) is 14.9 Å². The van der Waals surface area contributed by atoms with E-state index in [9.17, 15) is 19.3 Å². The number of nitrogens with one attached hydrogen (secondary N) is 1. The van der Waals surface area contributed by atoms with E-state index in [1.807, 2.05) is 0 Å². The van der Waals surface area contributed by atoms with E-state index in [1.165, 1.54) is 22.1 Å². The molecule has 3 rings (SSSR count). The molecule has 0 aliphatic rings. The van der Waals surface area contributed by atoms with Crippen molar-refractivity contribution in [2.75, 3.05) is 11.1 Å². The Bertz CT molecular complexity index is 1170. The van der Waals surface area contributed by atoms with Crippen molar-refractivity contribution in [3.05, 3.63) is 66.3 Å². The minimum Gasteiger partial charge on any atom is -0.325 e. The fourth-order valence-corrected chi connectivity index (χ4v) is 4.61. The van der Waals surface area contributed by atoms with E-state index in [4.69, 9.17) is 35.4 Å². The number of nitro groups is 1. The summed E-state index contributed by atoms with van der Waals surface area (Å²) in [5, 5.41) is 18.4. The van der Waals surface area contributed by atoms with Gasteiger partial charge in [-0.15, -0.1) is 5.10 Å². The summed E-state index contributed by atoms with van der Waals surface area (Å²) in [7, 11) is 0. The Balaban J connectivity index is 1.67. The number of rotatable bonds is 6. The predicted molar refractivity (Wildman–Crippen MR) is 115 cm³/mol. The highest BCUT2D eigenvalue weighted by Gasteiger charge is 2.16. The van der Waals surface area contributed by atoms with E-state index in [0.717, 1.165) is 23.9 Å². The summed E-state index contributed by atoms with van der Waals surface area (Å²) in [4.78, 5) is 22.0. The third-order valence-corrected chi connectivity index (χ3v) is 6.53. The molecule has 0 radical (unpaired) electrons. The van der Waals surface area contributed by atoms with Crippen LogP contribution in [0.25, 0.3) is 5.69 Å². The van der Waals surface area contributed by atoms with Gasteiger partial charge in [-0.2, -0.15) is 4.39 Å². The lowest BCUT2D eigenvalue weighted by atomic mass is 10.2. The molecule has 0 aliphatic heterocycles. The zero-order chi connectivity index (χ0) is 21.1. The molecule has 2 aromatic carbocycles. The van der Waals surface area contributed by atoms with Crippen LogP contribution in [0, 0.1) is 19.9 Å². The first-order chi connectivity index (χ1) is 13.7. The van der Waals surface area contributed by atoms with Crippen molar-refractivity contribution in [2.45, 2.75) is 4.34 Å². The highest BCUT2D eigenvalue weighted by atomic mass is 35.5. The number of benzene rings is 2. The first-order valence-corrected chi connectivity index (χ1v) is 10.6. The Labute approximate surface area is 186 Å². The smallest absolute Gasteiger partial charge is 0.306 e. The summed E-state index contributed by atoms with van der Waals surface area (Å²) in [6.45, 7) is 0. The number of aromatic nitrogens is 2. The molecule has 1 N–H and O–H groups in total. The lowest BCUT2D eigenvalue weighted by Gasteiger charge is -2.04. The van der Waals surface area contributed by atoms with Crippen LogP contribution in [0.15, 0.2) is 40.7 Å². The van der Waals surface area contributed by atoms with Crippen LogP contribution in [0.3, 0.4) is 0 Å². The Hall–Kier alpha value is -2.05. The van der Waals surface area contributed by atoms with Crippen LogP contribution >= 0.6 is 58.5 Å². The van der Waals surface area contributed by atoms with Crippen LogP contribution in [0.1, 0.15) is 0 Å². The maximum Gasteiger partial charge on any atom is 0.306 e. The molecule has 13 heteroatoms. The highest BCUT2D eigenvalue weighted by molar-refractivity contribution is 8.01. The molecule has 7 nitrogen and oxygen atoms in total. The zero-order valence-electron chi connectivity index (χ0n) is 14.1. The fourth-order valence-electron chi connectivity index (χ4n) is 2.15. The van der Waals surface area contributed by atoms with Crippen molar-refractivity contribution in [3.63, 3.8) is 0 Å². The van der Waals surface area contributed by atoms with Crippen molar-refractivity contribution in [3.8, 4) is 5.69 Å². The second-order valence-corrected chi connectivity index (χ2v) is 9.06. The quantitative estimate of drug-likeness (QED) is 0.205. The molecular formula is C16H9Cl2FN4O3S3. The SMILES string of the molecule is O=C(CSc1nn(-c2ccc(Cl)c(Cl)c2)c(=S)s1)Nc1ccc(F)c([N+](=O)[O-])c1. The van der Waals surface area contributed by atoms with E-state index in [1.54, 1.807) is 18.2 Å². The van der Waals surface area contributed by atoms with Gasteiger partial charge in [0, 0.05) is 11.8 Å². The van der Waals surface area contributed by atoms with E-state index in [0.29, 0.717) is 24.0 Å². The van der Waals surface area contributed by atoms with Crippen molar-refractivity contribution >= 4 is 75.8 Å². The molecule has 29 heavy (non-hydrogen) atoms. The number of carbonyl (C=O) groups is 1. The Morgan fingerprint density at radius 1 is 1.31 bits per heavy atom. The molecule has 0 fully saturated rings. The maximum atomic E-state index is 13.4. The summed E-state index contributed by atoms with van der Waals surface area (Å²) in [5.74, 6) is -1.43. The number of halogens is 3. The van der Waals surface area contributed by atoms with Crippen LogP contribution < -0.4 is 5.32 Å². The third-order valence-electron chi connectivity index (χ3n) is 3.43. The molecule has 0 spiro atoms. The molecule has 1 aromatic heterocycles. The maximum absolute atomic E-state index is 13.4. The third kappa shape index (κ3) is 5.31. The summed E-state index contributed by atoms with van der Waals surface area (Å²) in [5.41, 5.74) is 0.0435. The van der Waals surface area contributed by atoms with Gasteiger partial charge < -0.3 is 5.32 Å². The standard InChI is InChI=1S/C16H9Cl2FN4O3S3/c17-10-3-2-9(6-11(10)18)22-16(27)29-15(21-22)28-7-14(24)20-8-1-4-12(19)13(5-8)23(25)26/h1-6H,7H2,(H,20,24). The number of thioether (sulfide) groups is 1. The van der Waals surface area contributed by atoms with Gasteiger partial charge in [0.25, 0.3) is 0 Å². The summed E-state index contributed by atoms with van der Waals surface area (Å²) in [6.07, 6.45) is 0. The van der Waals surface area contributed by atoms with E-state index < -0.39 is 22.3 Å². The molecule has 0 saturated carbocycles. The predicted octanol–water partition coefficient (Wildman–Crippen LogP) is 5.75. The molecule has 1 heterocycles. The van der Waals surface area contributed by atoms with Crippen molar-refractivity contribution < 1.29 is 14.1 Å². The summed E-state index contributed by atoms with van der Waals surface area (Å²) < 4.78 is 15.9. The lowest BCUT2D eigenvalue weighted by molar-refractivity contribution is -0.387. The van der Waals surface area contributed by atoms with E-state index in [2.05, 4.69) is 10.4 Å². The average molecular weight is 491 g/mol. The van der Waals surface area contributed by atoms with Crippen molar-refractivity contribution in [1.82, 2.24) is 9.78 Å². The van der Waals surface area contributed by atoms with Crippen LogP contribution in [0.5, 0.6) is 0 Å². The Kier molecular flexibility index (Phi) is 6.85. The Morgan fingerprint density at radius 3 is 2.76 bits per heavy atom. The minimum atomic E-state index is -0.977. The molecule has 1 amide bonds. The highest BCUT2D eigenvalue weighted by Crippen LogP contribution is 2.28. The number of anilines is 1. The first-order valence-electron chi connectivity index (χ1n) is 7.67. The largest absolute Gasteiger partial charge is 0.325 e. The molecule has 150 valence electrons. The van der Waals surface area contributed by atoms with Gasteiger partial charge >= 0.3 is 5.69 Å². The number of nitrogens with zero attached hydrogens (tertiary/aromatic N) is 3. The van der Waals surface area contributed by atoms with Gasteiger partial charge in [0.15, 0.2) is 8.29 Å². The summed E-state index contributed by atoms with van der Waals surface area (Å²) >= 11 is 19.6. The van der Waals surface area contributed by atoms with Crippen LogP contribution in [0.4, 0.5) is 15.8 Å². The molecule has 3 aromatic rings. The summed E-state index contributed by atoms with van der Waals surface area (Å²) in [6, 6.07) is 8.09. The number of hydrogen-bond donors (Lipinski definition) is 1. The van der Waals surface area contributed by atoms with Gasteiger partial charge in [-0.25, -0.2) is 4.68 Å². The average Bonchev–Trinajstić information content (AvgIpc) is 3.04. The topological polar surface area (TPSA) is 90.1 Å². The fraction of sp³-hybridized carbons (Fsp3) is 0.0625. The number of carbonyl (C=O) groups excluding carboxylic acids is 1. The minimum absolute atomic E-state index is 0.0190. The van der Waals surface area contributed by atoms with Gasteiger partial charge in [-0.05, 0) is 42.5 Å². The molecule has 0 bridgehead atoms. The molecule has 0 aliphatic carbocycles. The van der Waals surface area contributed by atoms with E-state index in [-0.39, 0.29) is 11.4 Å². The van der Waals surface area contributed by atoms with Crippen LogP contribution in [-0.2, 0) is 4.79 Å².